The van der Waals surface area contributed by atoms with E-state index in [2.05, 4.69) is 33.2 Å². The van der Waals surface area contributed by atoms with Crippen molar-refractivity contribution >= 4 is 28.5 Å². The van der Waals surface area contributed by atoms with Gasteiger partial charge in [0, 0.05) is 19.5 Å². The Kier molecular flexibility index (Phi) is 4.50. The molecular formula is C20H20N4O3. The van der Waals surface area contributed by atoms with Gasteiger partial charge in [0.2, 0.25) is 0 Å². The van der Waals surface area contributed by atoms with Gasteiger partial charge in [-0.25, -0.2) is 4.98 Å². The van der Waals surface area contributed by atoms with E-state index < -0.39 is 0 Å². The number of anilines is 1. The quantitative estimate of drug-likeness (QED) is 0.728. The highest BCUT2D eigenvalue weighted by Crippen LogP contribution is 2.31. The van der Waals surface area contributed by atoms with Gasteiger partial charge in [-0.15, -0.1) is 0 Å². The van der Waals surface area contributed by atoms with Crippen LogP contribution in [0.2, 0.25) is 0 Å². The molecule has 0 saturated heterocycles. The second kappa shape index (κ2) is 7.11. The van der Waals surface area contributed by atoms with Gasteiger partial charge < -0.3 is 19.9 Å². The fraction of sp³-hybridized carbons (Fsp3) is 0.250. The Bertz CT molecular complexity index is 1030. The molecule has 2 N–H and O–H groups in total. The van der Waals surface area contributed by atoms with Gasteiger partial charge in [0.1, 0.15) is 5.82 Å². The zero-order valence-corrected chi connectivity index (χ0v) is 15.0. The number of aryl methyl sites for hydroxylation is 1. The van der Waals surface area contributed by atoms with Gasteiger partial charge in [0.05, 0.1) is 22.3 Å². The molecule has 3 aromatic rings. The number of hydrogen-bond donors (Lipinski definition) is 2. The monoisotopic (exact) mass is 364 g/mol. The van der Waals surface area contributed by atoms with E-state index in [-0.39, 0.29) is 18.4 Å². The lowest BCUT2D eigenvalue weighted by atomic mass is 10.1. The SMILES string of the molecule is CCn1c(CCNC(=O)c2cccc3c2OCC(=O)N3)nc2ccccc21. The van der Waals surface area contributed by atoms with Crippen LogP contribution in [-0.2, 0) is 17.8 Å². The largest absolute Gasteiger partial charge is 0.481 e. The average molecular weight is 364 g/mol. The maximum atomic E-state index is 12.6. The molecule has 0 unspecified atom stereocenters. The number of carbonyl (C=O) groups excluding carboxylic acids is 2. The van der Waals surface area contributed by atoms with Gasteiger partial charge in [-0.2, -0.15) is 0 Å². The number of fused-ring (bicyclic) bond motifs is 2. The zero-order chi connectivity index (χ0) is 18.8. The zero-order valence-electron chi connectivity index (χ0n) is 15.0. The standard InChI is InChI=1S/C20H20N4O3/c1-2-24-16-9-4-3-7-14(16)22-17(24)10-11-21-20(26)13-6-5-8-15-19(13)27-12-18(25)23-15/h3-9H,2,10-12H2,1H3,(H,21,26)(H,23,25). The maximum absolute atomic E-state index is 12.6. The third-order valence-electron chi connectivity index (χ3n) is 4.57. The summed E-state index contributed by atoms with van der Waals surface area (Å²) in [5.74, 6) is 0.897. The molecule has 2 heterocycles. The van der Waals surface area contributed by atoms with Crippen LogP contribution >= 0.6 is 0 Å². The first-order chi connectivity index (χ1) is 13.2. The number of aromatic nitrogens is 2. The molecule has 1 aliphatic rings. The summed E-state index contributed by atoms with van der Waals surface area (Å²) in [6.07, 6.45) is 0.626. The van der Waals surface area contributed by atoms with Crippen molar-refractivity contribution in [2.45, 2.75) is 19.9 Å². The fourth-order valence-corrected chi connectivity index (χ4v) is 3.35. The van der Waals surface area contributed by atoms with Crippen molar-refractivity contribution in [1.29, 1.82) is 0 Å². The molecule has 138 valence electrons. The molecule has 2 aromatic carbocycles. The second-order valence-electron chi connectivity index (χ2n) is 6.29. The highest BCUT2D eigenvalue weighted by atomic mass is 16.5. The van der Waals surface area contributed by atoms with Gasteiger partial charge in [-0.05, 0) is 31.2 Å². The minimum Gasteiger partial charge on any atom is -0.481 e. The fourth-order valence-electron chi connectivity index (χ4n) is 3.35. The molecule has 7 heteroatoms. The summed E-state index contributed by atoms with van der Waals surface area (Å²) < 4.78 is 7.60. The van der Waals surface area contributed by atoms with Gasteiger partial charge in [-0.3, -0.25) is 9.59 Å². The van der Waals surface area contributed by atoms with Crippen molar-refractivity contribution in [3.63, 3.8) is 0 Å². The normalized spacial score (nSPS) is 13.0. The van der Waals surface area contributed by atoms with E-state index >= 15 is 0 Å². The smallest absolute Gasteiger partial charge is 0.262 e. The van der Waals surface area contributed by atoms with Crippen LogP contribution in [0.1, 0.15) is 23.1 Å². The lowest BCUT2D eigenvalue weighted by molar-refractivity contribution is -0.118. The van der Waals surface area contributed by atoms with Gasteiger partial charge in [-0.1, -0.05) is 18.2 Å². The van der Waals surface area contributed by atoms with Crippen LogP contribution in [0.3, 0.4) is 0 Å². The van der Waals surface area contributed by atoms with Crippen molar-refractivity contribution in [2.75, 3.05) is 18.5 Å². The highest BCUT2D eigenvalue weighted by molar-refractivity contribution is 6.03. The Hall–Kier alpha value is -3.35. The first kappa shape index (κ1) is 17.1. The van der Waals surface area contributed by atoms with E-state index in [4.69, 9.17) is 4.74 Å². The molecular weight excluding hydrogens is 344 g/mol. The number of para-hydroxylation sites is 3. The van der Waals surface area contributed by atoms with Gasteiger partial charge in [0.25, 0.3) is 11.8 Å². The van der Waals surface area contributed by atoms with Crippen LogP contribution in [-0.4, -0.2) is 34.5 Å². The van der Waals surface area contributed by atoms with Crippen LogP contribution in [0.4, 0.5) is 5.69 Å². The predicted molar refractivity (Wildman–Crippen MR) is 102 cm³/mol. The summed E-state index contributed by atoms with van der Waals surface area (Å²) in [6.45, 7) is 3.28. The van der Waals surface area contributed by atoms with Crippen LogP contribution in [0, 0.1) is 0 Å². The number of nitrogens with zero attached hydrogens (tertiary/aromatic N) is 2. The molecule has 0 fully saturated rings. The number of carbonyl (C=O) groups is 2. The molecule has 0 aliphatic carbocycles. The van der Waals surface area contributed by atoms with Crippen LogP contribution < -0.4 is 15.4 Å². The summed E-state index contributed by atoms with van der Waals surface area (Å²) >= 11 is 0. The van der Waals surface area contributed by atoms with Crippen LogP contribution in [0.5, 0.6) is 5.75 Å². The van der Waals surface area contributed by atoms with Crippen molar-refractivity contribution in [1.82, 2.24) is 14.9 Å². The van der Waals surface area contributed by atoms with Crippen LogP contribution in [0.15, 0.2) is 42.5 Å². The van der Waals surface area contributed by atoms with Crippen molar-refractivity contribution in [3.05, 3.63) is 53.9 Å². The Morgan fingerprint density at radius 2 is 2.11 bits per heavy atom. The van der Waals surface area contributed by atoms with E-state index in [1.807, 2.05) is 18.2 Å². The summed E-state index contributed by atoms with van der Waals surface area (Å²) in [5.41, 5.74) is 2.99. The Morgan fingerprint density at radius 1 is 1.26 bits per heavy atom. The van der Waals surface area contributed by atoms with Crippen LogP contribution in [0.25, 0.3) is 11.0 Å². The van der Waals surface area contributed by atoms with E-state index in [1.54, 1.807) is 18.2 Å². The van der Waals surface area contributed by atoms with Gasteiger partial charge in [0.15, 0.2) is 12.4 Å². The molecule has 2 amide bonds. The number of benzene rings is 2. The lowest BCUT2D eigenvalue weighted by Crippen LogP contribution is -2.30. The number of nitrogens with one attached hydrogen (secondary N) is 2. The Labute approximate surface area is 156 Å². The molecule has 0 atom stereocenters. The summed E-state index contributed by atoms with van der Waals surface area (Å²) in [4.78, 5) is 28.7. The molecule has 7 nitrogen and oxygen atoms in total. The summed E-state index contributed by atoms with van der Waals surface area (Å²) in [7, 11) is 0. The Morgan fingerprint density at radius 3 is 2.96 bits per heavy atom. The molecule has 1 aromatic heterocycles. The van der Waals surface area contributed by atoms with Crippen molar-refractivity contribution < 1.29 is 14.3 Å². The lowest BCUT2D eigenvalue weighted by Gasteiger charge is -2.20. The topological polar surface area (TPSA) is 85.2 Å². The molecule has 0 spiro atoms. The first-order valence-corrected chi connectivity index (χ1v) is 8.95. The number of ether oxygens (including phenoxy) is 1. The maximum Gasteiger partial charge on any atom is 0.262 e. The predicted octanol–water partition coefficient (Wildman–Crippen LogP) is 2.36. The first-order valence-electron chi connectivity index (χ1n) is 8.95. The molecule has 0 radical (unpaired) electrons. The number of hydrogen-bond acceptors (Lipinski definition) is 4. The van der Waals surface area contributed by atoms with Crippen molar-refractivity contribution in [3.8, 4) is 5.75 Å². The number of amides is 2. The minimum atomic E-state index is -0.234. The molecule has 1 aliphatic heterocycles. The minimum absolute atomic E-state index is 0.0855. The van der Waals surface area contributed by atoms with E-state index in [1.165, 1.54) is 0 Å². The second-order valence-corrected chi connectivity index (χ2v) is 6.29. The number of rotatable bonds is 5. The van der Waals surface area contributed by atoms with Gasteiger partial charge >= 0.3 is 0 Å². The summed E-state index contributed by atoms with van der Waals surface area (Å²) in [5, 5.41) is 5.63. The molecule has 0 bridgehead atoms. The molecule has 0 saturated carbocycles. The van der Waals surface area contributed by atoms with E-state index in [0.29, 0.717) is 30.0 Å². The molecule has 27 heavy (non-hydrogen) atoms. The van der Waals surface area contributed by atoms with E-state index in [0.717, 1.165) is 23.4 Å². The highest BCUT2D eigenvalue weighted by Gasteiger charge is 2.22. The third-order valence-corrected chi connectivity index (χ3v) is 4.57. The third kappa shape index (κ3) is 3.23. The average Bonchev–Trinajstić information content (AvgIpc) is 3.04. The van der Waals surface area contributed by atoms with E-state index in [9.17, 15) is 9.59 Å². The Balaban J connectivity index is 1.47. The van der Waals surface area contributed by atoms with Crippen molar-refractivity contribution in [2.24, 2.45) is 0 Å². The summed E-state index contributed by atoms with van der Waals surface area (Å²) in [6, 6.07) is 13.1. The molecule has 4 rings (SSSR count). The number of imidazole rings is 1.